The van der Waals surface area contributed by atoms with Crippen LogP contribution in [0.2, 0.25) is 0 Å². The molecule has 0 spiro atoms. The molecule has 1 fully saturated rings. The molecule has 0 aliphatic carbocycles. The van der Waals surface area contributed by atoms with Gasteiger partial charge in [0.2, 0.25) is 0 Å². The van der Waals surface area contributed by atoms with Gasteiger partial charge in [-0.15, -0.1) is 0 Å². The van der Waals surface area contributed by atoms with Gasteiger partial charge in [-0.2, -0.15) is 0 Å². The van der Waals surface area contributed by atoms with Crippen molar-refractivity contribution >= 4 is 21.9 Å². The summed E-state index contributed by atoms with van der Waals surface area (Å²) in [5.41, 5.74) is 1.09. The van der Waals surface area contributed by atoms with Crippen molar-refractivity contribution in [1.82, 2.24) is 4.90 Å². The number of hydrogen-bond donors (Lipinski definition) is 0. The molecule has 114 valence electrons. The minimum Gasteiger partial charge on any atom is -0.486 e. The number of halogens is 1. The van der Waals surface area contributed by atoms with Gasteiger partial charge in [-0.05, 0) is 37.1 Å². The van der Waals surface area contributed by atoms with Crippen molar-refractivity contribution in [3.05, 3.63) is 22.2 Å². The molecule has 6 heteroatoms. The summed E-state index contributed by atoms with van der Waals surface area (Å²) in [6, 6.07) is 3.79. The van der Waals surface area contributed by atoms with Crippen LogP contribution in [0.15, 0.2) is 16.6 Å². The van der Waals surface area contributed by atoms with E-state index >= 15 is 0 Å². The van der Waals surface area contributed by atoms with Crippen LogP contribution in [0.5, 0.6) is 11.5 Å². The van der Waals surface area contributed by atoms with E-state index in [0.29, 0.717) is 19.8 Å². The normalized spacial score (nSPS) is 21.3. The van der Waals surface area contributed by atoms with E-state index in [1.165, 1.54) is 7.11 Å². The molecule has 0 radical (unpaired) electrons. The van der Waals surface area contributed by atoms with Crippen LogP contribution in [-0.4, -0.2) is 43.8 Å². The fraction of sp³-hybridized carbons (Fsp3) is 0.533. The van der Waals surface area contributed by atoms with Gasteiger partial charge in [0.05, 0.1) is 7.11 Å². The van der Waals surface area contributed by atoms with Crippen LogP contribution in [0.3, 0.4) is 0 Å². The highest BCUT2D eigenvalue weighted by molar-refractivity contribution is 9.10. The number of carbonyl (C=O) groups is 1. The standard InChI is InChI=1S/C15H18BrNO4/c1-19-15(18)12-3-2-4-17(12)9-10-7-13-14(8-11(10)16)21-6-5-20-13/h7-8,12H,2-6,9H2,1H3. The van der Waals surface area contributed by atoms with Crippen molar-refractivity contribution in [2.75, 3.05) is 26.9 Å². The second kappa shape index (κ2) is 6.23. The van der Waals surface area contributed by atoms with E-state index in [1.54, 1.807) is 0 Å². The van der Waals surface area contributed by atoms with E-state index in [2.05, 4.69) is 20.8 Å². The number of methoxy groups -OCH3 is 1. The Morgan fingerprint density at radius 1 is 1.38 bits per heavy atom. The van der Waals surface area contributed by atoms with Crippen molar-refractivity contribution in [2.24, 2.45) is 0 Å². The molecular weight excluding hydrogens is 338 g/mol. The summed E-state index contributed by atoms with van der Waals surface area (Å²) in [6.45, 7) is 2.75. The molecule has 0 amide bonds. The second-order valence-electron chi connectivity index (χ2n) is 5.24. The monoisotopic (exact) mass is 355 g/mol. The Morgan fingerprint density at radius 2 is 2.10 bits per heavy atom. The third kappa shape index (κ3) is 3.01. The van der Waals surface area contributed by atoms with Crippen molar-refractivity contribution in [3.63, 3.8) is 0 Å². The number of carbonyl (C=O) groups excluding carboxylic acids is 1. The molecule has 0 bridgehead atoms. The maximum atomic E-state index is 11.8. The van der Waals surface area contributed by atoms with Crippen molar-refractivity contribution in [3.8, 4) is 11.5 Å². The number of rotatable bonds is 3. The highest BCUT2D eigenvalue weighted by Crippen LogP contribution is 2.36. The lowest BCUT2D eigenvalue weighted by atomic mass is 10.1. The minimum absolute atomic E-state index is 0.143. The maximum Gasteiger partial charge on any atom is 0.323 e. The first kappa shape index (κ1) is 14.7. The van der Waals surface area contributed by atoms with E-state index in [-0.39, 0.29) is 12.0 Å². The Bertz CT molecular complexity index is 549. The second-order valence-corrected chi connectivity index (χ2v) is 6.09. The molecule has 0 saturated carbocycles. The quantitative estimate of drug-likeness (QED) is 0.779. The lowest BCUT2D eigenvalue weighted by Gasteiger charge is -2.24. The fourth-order valence-electron chi connectivity index (χ4n) is 2.86. The zero-order valence-electron chi connectivity index (χ0n) is 11.9. The number of nitrogens with zero attached hydrogens (tertiary/aromatic N) is 1. The highest BCUT2D eigenvalue weighted by Gasteiger charge is 2.32. The van der Waals surface area contributed by atoms with Gasteiger partial charge in [0.15, 0.2) is 11.5 Å². The summed E-state index contributed by atoms with van der Waals surface area (Å²) in [6.07, 6.45) is 1.87. The Morgan fingerprint density at radius 3 is 2.81 bits per heavy atom. The Hall–Kier alpha value is -1.27. The zero-order valence-corrected chi connectivity index (χ0v) is 13.5. The molecule has 5 nitrogen and oxygen atoms in total. The van der Waals surface area contributed by atoms with Crippen LogP contribution in [0.25, 0.3) is 0 Å². The largest absolute Gasteiger partial charge is 0.486 e. The molecule has 21 heavy (non-hydrogen) atoms. The molecule has 2 heterocycles. The molecule has 1 aromatic rings. The molecule has 0 N–H and O–H groups in total. The highest BCUT2D eigenvalue weighted by atomic mass is 79.9. The zero-order chi connectivity index (χ0) is 14.8. The van der Waals surface area contributed by atoms with Crippen LogP contribution in [0.1, 0.15) is 18.4 Å². The van der Waals surface area contributed by atoms with Crippen molar-refractivity contribution < 1.29 is 19.0 Å². The molecule has 1 atom stereocenters. The van der Waals surface area contributed by atoms with Crippen LogP contribution in [0.4, 0.5) is 0 Å². The molecule has 2 aliphatic heterocycles. The molecule has 3 rings (SSSR count). The number of fused-ring (bicyclic) bond motifs is 1. The maximum absolute atomic E-state index is 11.8. The van der Waals surface area contributed by atoms with Gasteiger partial charge >= 0.3 is 5.97 Å². The first-order chi connectivity index (χ1) is 10.2. The number of esters is 1. The van der Waals surface area contributed by atoms with E-state index in [0.717, 1.165) is 40.9 Å². The third-order valence-corrected chi connectivity index (χ3v) is 4.66. The Balaban J connectivity index is 1.79. The first-order valence-electron chi connectivity index (χ1n) is 7.09. The molecule has 2 aliphatic rings. The average Bonchev–Trinajstić information content (AvgIpc) is 2.95. The van der Waals surface area contributed by atoms with Crippen molar-refractivity contribution in [2.45, 2.75) is 25.4 Å². The SMILES string of the molecule is COC(=O)C1CCCN1Cc1cc2c(cc1Br)OCCO2. The summed E-state index contributed by atoms with van der Waals surface area (Å²) in [5.74, 6) is 1.39. The average molecular weight is 356 g/mol. The van der Waals surface area contributed by atoms with Gasteiger partial charge in [-0.1, -0.05) is 15.9 Å². The van der Waals surface area contributed by atoms with E-state index in [4.69, 9.17) is 14.2 Å². The molecule has 1 saturated heterocycles. The predicted molar refractivity (Wildman–Crippen MR) is 80.6 cm³/mol. The van der Waals surface area contributed by atoms with Crippen LogP contribution >= 0.6 is 15.9 Å². The van der Waals surface area contributed by atoms with Gasteiger partial charge in [0.25, 0.3) is 0 Å². The van der Waals surface area contributed by atoms with Crippen molar-refractivity contribution in [1.29, 1.82) is 0 Å². The van der Waals surface area contributed by atoms with E-state index in [9.17, 15) is 4.79 Å². The van der Waals surface area contributed by atoms with Gasteiger partial charge in [0, 0.05) is 11.0 Å². The first-order valence-corrected chi connectivity index (χ1v) is 7.88. The summed E-state index contributed by atoms with van der Waals surface area (Å²) >= 11 is 3.58. The number of benzene rings is 1. The lowest BCUT2D eigenvalue weighted by molar-refractivity contribution is -0.146. The van der Waals surface area contributed by atoms with Crippen LogP contribution in [0, 0.1) is 0 Å². The Kier molecular flexibility index (Phi) is 4.35. The summed E-state index contributed by atoms with van der Waals surface area (Å²) in [4.78, 5) is 14.0. The smallest absolute Gasteiger partial charge is 0.323 e. The number of ether oxygens (including phenoxy) is 3. The van der Waals surface area contributed by atoms with E-state index in [1.807, 2.05) is 12.1 Å². The summed E-state index contributed by atoms with van der Waals surface area (Å²) < 4.78 is 17.0. The molecule has 1 aromatic carbocycles. The number of hydrogen-bond acceptors (Lipinski definition) is 5. The molecule has 1 unspecified atom stereocenters. The Labute approximate surface area is 132 Å². The van der Waals surface area contributed by atoms with Gasteiger partial charge in [-0.25, -0.2) is 0 Å². The predicted octanol–water partition coefficient (Wildman–Crippen LogP) is 2.36. The van der Waals surface area contributed by atoms with E-state index < -0.39 is 0 Å². The van der Waals surface area contributed by atoms with Crippen LogP contribution in [-0.2, 0) is 16.1 Å². The minimum atomic E-state index is -0.152. The summed E-state index contributed by atoms with van der Waals surface area (Å²) in [5, 5.41) is 0. The van der Waals surface area contributed by atoms with Crippen LogP contribution < -0.4 is 9.47 Å². The topological polar surface area (TPSA) is 48.0 Å². The molecular formula is C15H18BrNO4. The fourth-order valence-corrected chi connectivity index (χ4v) is 3.31. The van der Waals surface area contributed by atoms with Gasteiger partial charge < -0.3 is 14.2 Å². The molecule has 0 aromatic heterocycles. The number of likely N-dealkylation sites (tertiary alicyclic amines) is 1. The summed E-state index contributed by atoms with van der Waals surface area (Å²) in [7, 11) is 1.44. The van der Waals surface area contributed by atoms with Gasteiger partial charge in [-0.3, -0.25) is 9.69 Å². The lowest BCUT2D eigenvalue weighted by Crippen LogP contribution is -2.36. The third-order valence-electron chi connectivity index (χ3n) is 3.92. The van der Waals surface area contributed by atoms with Gasteiger partial charge in [0.1, 0.15) is 19.3 Å².